The van der Waals surface area contributed by atoms with Crippen LogP contribution in [0.1, 0.15) is 47.3 Å². The lowest BCUT2D eigenvalue weighted by atomic mass is 10.1. The quantitative estimate of drug-likeness (QED) is 0.130. The molecule has 0 atom stereocenters. The Balaban J connectivity index is 0.000000698. The van der Waals surface area contributed by atoms with E-state index in [9.17, 15) is 22.8 Å². The first-order valence-corrected chi connectivity index (χ1v) is 15.6. The molecule has 258 valence electrons. The maximum atomic E-state index is 15.3. The first kappa shape index (κ1) is 37.0. The van der Waals surface area contributed by atoms with Crippen molar-refractivity contribution in [3.05, 3.63) is 87.3 Å². The van der Waals surface area contributed by atoms with Crippen molar-refractivity contribution in [1.29, 1.82) is 5.26 Å². The number of rotatable bonds is 9. The molecule has 0 spiro atoms. The number of hydrogen-bond donors (Lipinski definition) is 4. The minimum absolute atomic E-state index is 0.0195. The van der Waals surface area contributed by atoms with Crippen molar-refractivity contribution in [2.24, 2.45) is 0 Å². The number of fused-ring (bicyclic) bond motifs is 1. The summed E-state index contributed by atoms with van der Waals surface area (Å²) in [5.41, 5.74) is 2.05. The highest BCUT2D eigenvalue weighted by molar-refractivity contribution is 6.32. The molecule has 5 rings (SSSR count). The molecule has 2 amide bonds. The van der Waals surface area contributed by atoms with Gasteiger partial charge in [0.1, 0.15) is 11.4 Å². The van der Waals surface area contributed by atoms with Crippen LogP contribution in [-0.4, -0.2) is 58.6 Å². The van der Waals surface area contributed by atoms with Crippen LogP contribution in [0, 0.1) is 17.1 Å². The zero-order valence-corrected chi connectivity index (χ0v) is 27.1. The second kappa shape index (κ2) is 16.5. The number of carbonyl (C=O) groups is 3. The van der Waals surface area contributed by atoms with Gasteiger partial charge in [0.2, 0.25) is 5.91 Å². The second-order valence-electron chi connectivity index (χ2n) is 10.9. The molecule has 1 fully saturated rings. The van der Waals surface area contributed by atoms with Crippen LogP contribution in [0.2, 0.25) is 10.0 Å². The second-order valence-corrected chi connectivity index (χ2v) is 11.8. The number of ether oxygens (including phenoxy) is 1. The third-order valence-electron chi connectivity index (χ3n) is 7.28. The van der Waals surface area contributed by atoms with Crippen LogP contribution in [0.3, 0.4) is 0 Å². The fourth-order valence-electron chi connectivity index (χ4n) is 4.88. The predicted molar refractivity (Wildman–Crippen MR) is 174 cm³/mol. The standard InChI is InChI=1S/C31H28Cl2FN5O3.C2HF3O2/c32-22-12-19(17-35)13-24(16-22)42-30-25(33)6-4-20(29(30)34)18-36-31(41)27-15-21-14-23(5-7-26(21)38-27)37-28(40)8-11-39-9-2-1-3-10-39;3-2(4,5)1(6)7/h4-7,12-16,38H,1-3,8-11,18H2,(H,36,41)(H,37,40);(H,6,7). The average molecular weight is 723 g/mol. The van der Waals surface area contributed by atoms with Gasteiger partial charge in [0.25, 0.3) is 5.91 Å². The van der Waals surface area contributed by atoms with Crippen LogP contribution in [-0.2, 0) is 16.1 Å². The van der Waals surface area contributed by atoms with E-state index in [0.29, 0.717) is 12.1 Å². The van der Waals surface area contributed by atoms with Gasteiger partial charge in [0, 0.05) is 46.7 Å². The molecule has 0 aliphatic carbocycles. The smallest absolute Gasteiger partial charge is 0.475 e. The average Bonchev–Trinajstić information content (AvgIpc) is 3.49. The minimum Gasteiger partial charge on any atom is -0.475 e. The van der Waals surface area contributed by atoms with Gasteiger partial charge in [0.05, 0.1) is 16.7 Å². The van der Waals surface area contributed by atoms with Crippen molar-refractivity contribution in [3.63, 3.8) is 0 Å². The number of piperidine rings is 1. The summed E-state index contributed by atoms with van der Waals surface area (Å²) in [4.78, 5) is 39.6. The van der Waals surface area contributed by atoms with Crippen molar-refractivity contribution in [3.8, 4) is 17.6 Å². The molecule has 4 aromatic rings. The van der Waals surface area contributed by atoms with E-state index in [2.05, 4.69) is 20.5 Å². The normalized spacial score (nSPS) is 13.2. The number of halogens is 6. The maximum absolute atomic E-state index is 15.3. The van der Waals surface area contributed by atoms with E-state index in [-0.39, 0.29) is 50.8 Å². The van der Waals surface area contributed by atoms with E-state index in [1.54, 1.807) is 24.3 Å². The van der Waals surface area contributed by atoms with Gasteiger partial charge in [-0.05, 0) is 74.5 Å². The number of nitrogens with one attached hydrogen (secondary N) is 3. The number of H-pyrrole nitrogens is 1. The predicted octanol–water partition coefficient (Wildman–Crippen LogP) is 7.66. The molecule has 2 heterocycles. The number of benzene rings is 3. The SMILES string of the molecule is N#Cc1cc(Cl)cc(Oc2c(Cl)ccc(CNC(=O)c3cc4cc(NC(=O)CCN5CCCCC5)ccc4[nH]3)c2F)c1.O=C(O)C(F)(F)F. The molecule has 16 heteroatoms. The molecule has 10 nitrogen and oxygen atoms in total. The van der Waals surface area contributed by atoms with Gasteiger partial charge in [-0.3, -0.25) is 9.59 Å². The summed E-state index contributed by atoms with van der Waals surface area (Å²) >= 11 is 12.2. The number of aromatic amines is 1. The molecule has 1 aromatic heterocycles. The number of anilines is 1. The molecule has 3 aromatic carbocycles. The molecule has 0 radical (unpaired) electrons. The number of carbonyl (C=O) groups excluding carboxylic acids is 2. The van der Waals surface area contributed by atoms with Gasteiger partial charge in [0.15, 0.2) is 11.6 Å². The lowest BCUT2D eigenvalue weighted by Crippen LogP contribution is -2.32. The summed E-state index contributed by atoms with van der Waals surface area (Å²) in [5, 5.41) is 22.9. The number of amides is 2. The number of alkyl halides is 3. The zero-order chi connectivity index (χ0) is 35.7. The van der Waals surface area contributed by atoms with Crippen molar-refractivity contribution < 1.29 is 41.8 Å². The van der Waals surface area contributed by atoms with Crippen LogP contribution in [0.5, 0.6) is 11.5 Å². The Labute approximate surface area is 287 Å². The Morgan fingerprint density at radius 2 is 1.73 bits per heavy atom. The highest BCUT2D eigenvalue weighted by atomic mass is 35.5. The Morgan fingerprint density at radius 1 is 1.02 bits per heavy atom. The molecule has 49 heavy (non-hydrogen) atoms. The number of aliphatic carboxylic acids is 1. The third kappa shape index (κ3) is 10.6. The van der Waals surface area contributed by atoms with Gasteiger partial charge in [-0.25, -0.2) is 9.18 Å². The highest BCUT2D eigenvalue weighted by Gasteiger charge is 2.38. The van der Waals surface area contributed by atoms with Crippen molar-refractivity contribution in [2.75, 3.05) is 25.0 Å². The van der Waals surface area contributed by atoms with Gasteiger partial charge in [-0.1, -0.05) is 35.7 Å². The minimum atomic E-state index is -5.08. The van der Waals surface area contributed by atoms with E-state index in [1.807, 2.05) is 6.07 Å². The largest absolute Gasteiger partial charge is 0.490 e. The molecule has 4 N–H and O–H groups in total. The molecule has 0 saturated carbocycles. The monoisotopic (exact) mass is 721 g/mol. The molecule has 1 aliphatic heterocycles. The number of aromatic nitrogens is 1. The number of carboxylic acid groups (broad SMARTS) is 1. The lowest BCUT2D eigenvalue weighted by molar-refractivity contribution is -0.192. The molecule has 1 aliphatic rings. The number of nitriles is 1. The fourth-order valence-corrected chi connectivity index (χ4v) is 5.29. The van der Waals surface area contributed by atoms with Crippen LogP contribution < -0.4 is 15.4 Å². The van der Waals surface area contributed by atoms with Crippen molar-refractivity contribution in [2.45, 2.75) is 38.4 Å². The molecule has 0 bridgehead atoms. The molecular weight excluding hydrogens is 693 g/mol. The highest BCUT2D eigenvalue weighted by Crippen LogP contribution is 2.35. The van der Waals surface area contributed by atoms with Crippen LogP contribution in [0.15, 0.2) is 54.6 Å². The van der Waals surface area contributed by atoms with E-state index in [1.165, 1.54) is 49.6 Å². The van der Waals surface area contributed by atoms with Gasteiger partial charge in [-0.2, -0.15) is 18.4 Å². The maximum Gasteiger partial charge on any atom is 0.490 e. The van der Waals surface area contributed by atoms with Crippen LogP contribution in [0.25, 0.3) is 10.9 Å². The first-order chi connectivity index (χ1) is 23.2. The molecule has 0 unspecified atom stereocenters. The van der Waals surface area contributed by atoms with Gasteiger partial charge in [-0.15, -0.1) is 0 Å². The van der Waals surface area contributed by atoms with E-state index >= 15 is 4.39 Å². The summed E-state index contributed by atoms with van der Waals surface area (Å²) in [6.07, 6.45) is -1.04. The Kier molecular flexibility index (Phi) is 12.5. The summed E-state index contributed by atoms with van der Waals surface area (Å²) in [6, 6.07) is 16.2. The number of hydrogen-bond acceptors (Lipinski definition) is 6. The Morgan fingerprint density at radius 3 is 2.41 bits per heavy atom. The number of carboxylic acids is 1. The molecule has 1 saturated heterocycles. The first-order valence-electron chi connectivity index (χ1n) is 14.8. The van der Waals surface area contributed by atoms with Crippen molar-refractivity contribution >= 4 is 57.6 Å². The van der Waals surface area contributed by atoms with Crippen molar-refractivity contribution in [1.82, 2.24) is 15.2 Å². The zero-order valence-electron chi connectivity index (χ0n) is 25.6. The third-order valence-corrected chi connectivity index (χ3v) is 7.80. The van der Waals surface area contributed by atoms with E-state index in [0.717, 1.165) is 30.5 Å². The molecular formula is C33H29Cl2F4N5O5. The summed E-state index contributed by atoms with van der Waals surface area (Å²) in [7, 11) is 0. The lowest BCUT2D eigenvalue weighted by Gasteiger charge is -2.25. The summed E-state index contributed by atoms with van der Waals surface area (Å²) in [5.74, 6) is -4.10. The van der Waals surface area contributed by atoms with Gasteiger partial charge >= 0.3 is 12.1 Å². The topological polar surface area (TPSA) is 148 Å². The van der Waals surface area contributed by atoms with Crippen LogP contribution >= 0.6 is 23.2 Å². The fraction of sp³-hybridized carbons (Fsp3) is 0.273. The van der Waals surface area contributed by atoms with E-state index in [4.69, 9.17) is 43.1 Å². The Hall–Kier alpha value is -4.84. The summed E-state index contributed by atoms with van der Waals surface area (Å²) < 4.78 is 52.7. The summed E-state index contributed by atoms with van der Waals surface area (Å²) in [6.45, 7) is 2.69. The number of likely N-dealkylation sites (tertiary alicyclic amines) is 1. The van der Waals surface area contributed by atoms with Crippen LogP contribution in [0.4, 0.5) is 23.2 Å². The van der Waals surface area contributed by atoms with E-state index < -0.39 is 23.9 Å². The van der Waals surface area contributed by atoms with Gasteiger partial charge < -0.3 is 30.4 Å². The number of nitrogens with zero attached hydrogens (tertiary/aromatic N) is 2. The Bertz CT molecular complexity index is 1890.